The maximum atomic E-state index is 14.0. The van der Waals surface area contributed by atoms with Gasteiger partial charge in [0, 0.05) is 64.2 Å². The Morgan fingerprint density at radius 2 is 1.81 bits per heavy atom. The molecule has 2 aromatic carbocycles. The highest BCUT2D eigenvalue weighted by molar-refractivity contribution is 7.92. The van der Waals surface area contributed by atoms with E-state index < -0.39 is 10.0 Å². The van der Waals surface area contributed by atoms with Crippen LogP contribution in [0.2, 0.25) is 0 Å². The lowest BCUT2D eigenvalue weighted by atomic mass is 10.1. The van der Waals surface area contributed by atoms with Crippen LogP contribution in [0.4, 0.5) is 5.69 Å². The first-order valence-electron chi connectivity index (χ1n) is 13.2. The number of aromatic nitrogens is 4. The number of ether oxygens (including phenoxy) is 2. The first-order valence-corrected chi connectivity index (χ1v) is 15.1. The highest BCUT2D eigenvalue weighted by atomic mass is 32.2. The van der Waals surface area contributed by atoms with Crippen LogP contribution >= 0.6 is 0 Å². The van der Waals surface area contributed by atoms with E-state index in [2.05, 4.69) is 14.7 Å². The zero-order valence-corrected chi connectivity index (χ0v) is 24.3. The van der Waals surface area contributed by atoms with E-state index in [1.807, 2.05) is 24.4 Å². The van der Waals surface area contributed by atoms with Crippen molar-refractivity contribution in [2.24, 2.45) is 0 Å². The third-order valence-electron chi connectivity index (χ3n) is 7.12. The van der Waals surface area contributed by atoms with Crippen molar-refractivity contribution in [3.05, 3.63) is 113 Å². The molecule has 0 saturated heterocycles. The number of hydrogen-bond donors (Lipinski definition) is 2. The van der Waals surface area contributed by atoms with Crippen molar-refractivity contribution in [1.29, 1.82) is 0 Å². The minimum absolute atomic E-state index is 0.136. The fourth-order valence-electron chi connectivity index (χ4n) is 5.09. The van der Waals surface area contributed by atoms with Gasteiger partial charge < -0.3 is 23.4 Å². The van der Waals surface area contributed by atoms with Crippen molar-refractivity contribution in [1.82, 2.24) is 18.9 Å². The smallest absolute Gasteiger partial charge is 0.275 e. The molecule has 12 heteroatoms. The molecule has 0 spiro atoms. The Labute approximate surface area is 246 Å². The van der Waals surface area contributed by atoms with Crippen LogP contribution in [-0.4, -0.2) is 53.6 Å². The van der Waals surface area contributed by atoms with Crippen molar-refractivity contribution in [2.45, 2.75) is 6.54 Å². The second-order valence-corrected chi connectivity index (χ2v) is 11.7. The Hall–Kier alpha value is -5.36. The van der Waals surface area contributed by atoms with Gasteiger partial charge >= 0.3 is 0 Å². The van der Waals surface area contributed by atoms with Crippen molar-refractivity contribution < 1.29 is 22.7 Å². The molecule has 0 fully saturated rings. The predicted molar refractivity (Wildman–Crippen MR) is 164 cm³/mol. The number of anilines is 1. The lowest BCUT2D eigenvalue weighted by Gasteiger charge is -2.14. The number of rotatable bonds is 9. The average molecular weight is 598 g/mol. The summed E-state index contributed by atoms with van der Waals surface area (Å²) in [6.45, 7) is 0.136. The number of methoxy groups -OCH3 is 2. The summed E-state index contributed by atoms with van der Waals surface area (Å²) in [5.41, 5.74) is 3.90. The van der Waals surface area contributed by atoms with Crippen LogP contribution in [0.15, 0.2) is 90.2 Å². The van der Waals surface area contributed by atoms with Gasteiger partial charge in [-0.2, -0.15) is 0 Å². The van der Waals surface area contributed by atoms with Crippen LogP contribution in [0.3, 0.4) is 0 Å². The zero-order valence-electron chi connectivity index (χ0n) is 23.5. The van der Waals surface area contributed by atoms with Crippen molar-refractivity contribution in [2.75, 3.05) is 25.2 Å². The highest BCUT2D eigenvalue weighted by Gasteiger charge is 2.20. The summed E-state index contributed by atoms with van der Waals surface area (Å²) in [7, 11) is -0.382. The third-order valence-corrected chi connectivity index (χ3v) is 7.72. The average Bonchev–Trinajstić information content (AvgIpc) is 3.63. The molecule has 0 aliphatic heterocycles. The van der Waals surface area contributed by atoms with Gasteiger partial charge in [-0.3, -0.25) is 14.3 Å². The van der Waals surface area contributed by atoms with Crippen LogP contribution in [0, 0.1) is 0 Å². The van der Waals surface area contributed by atoms with Crippen LogP contribution in [0.1, 0.15) is 21.6 Å². The molecule has 0 unspecified atom stereocenters. The molecule has 43 heavy (non-hydrogen) atoms. The first-order chi connectivity index (χ1) is 20.6. The molecular weight excluding hydrogens is 570 g/mol. The van der Waals surface area contributed by atoms with E-state index in [-0.39, 0.29) is 23.6 Å². The van der Waals surface area contributed by atoms with Crippen molar-refractivity contribution in [3.8, 4) is 22.6 Å². The fraction of sp³-hybridized carbons (Fsp3) is 0.129. The number of ketones is 1. The molecule has 218 valence electrons. The van der Waals surface area contributed by atoms with Gasteiger partial charge in [-0.1, -0.05) is 0 Å². The Balaban J connectivity index is 1.51. The molecular formula is C31H27N5O6S. The van der Waals surface area contributed by atoms with Crippen LogP contribution < -0.4 is 19.8 Å². The molecule has 0 saturated carbocycles. The van der Waals surface area contributed by atoms with E-state index in [4.69, 9.17) is 9.47 Å². The summed E-state index contributed by atoms with van der Waals surface area (Å²) < 4.78 is 39.6. The second kappa shape index (κ2) is 10.8. The van der Waals surface area contributed by atoms with Gasteiger partial charge in [-0.15, -0.1) is 0 Å². The predicted octanol–water partition coefficient (Wildman–Crippen LogP) is 4.31. The second-order valence-electron chi connectivity index (χ2n) is 9.99. The largest absolute Gasteiger partial charge is 0.497 e. The third kappa shape index (κ3) is 5.35. The number of fused-ring (bicyclic) bond motifs is 2. The number of H-pyrrole nitrogens is 1. The van der Waals surface area contributed by atoms with Gasteiger partial charge in [0.05, 0.1) is 27.0 Å². The Bertz CT molecular complexity index is 2180. The number of pyridine rings is 1. The number of sulfonamides is 1. The van der Waals surface area contributed by atoms with E-state index >= 15 is 0 Å². The number of hydrogen-bond acceptors (Lipinski definition) is 7. The summed E-state index contributed by atoms with van der Waals surface area (Å²) in [5.74, 6) is 0.793. The van der Waals surface area contributed by atoms with Crippen molar-refractivity contribution >= 4 is 38.0 Å². The number of nitrogens with one attached hydrogen (secondary N) is 2. The van der Waals surface area contributed by atoms with Gasteiger partial charge in [0.2, 0.25) is 15.8 Å². The Morgan fingerprint density at radius 1 is 1.02 bits per heavy atom. The minimum atomic E-state index is -3.48. The normalized spacial score (nSPS) is 11.6. The summed E-state index contributed by atoms with van der Waals surface area (Å²) in [6, 6.07) is 17.0. The monoisotopic (exact) mass is 597 g/mol. The van der Waals surface area contributed by atoms with Crippen LogP contribution in [0.25, 0.3) is 27.7 Å². The fourth-order valence-corrected chi connectivity index (χ4v) is 5.65. The molecule has 0 amide bonds. The highest BCUT2D eigenvalue weighted by Crippen LogP contribution is 2.30. The molecule has 11 nitrogen and oxygen atoms in total. The maximum absolute atomic E-state index is 14.0. The van der Waals surface area contributed by atoms with Gasteiger partial charge in [-0.05, 0) is 54.6 Å². The van der Waals surface area contributed by atoms with Crippen LogP contribution in [-0.2, 0) is 16.6 Å². The first kappa shape index (κ1) is 27.8. The molecule has 0 aliphatic carbocycles. The molecule has 4 aromatic heterocycles. The molecule has 2 N–H and O–H groups in total. The van der Waals surface area contributed by atoms with E-state index in [0.717, 1.165) is 28.3 Å². The van der Waals surface area contributed by atoms with E-state index in [0.29, 0.717) is 33.9 Å². The van der Waals surface area contributed by atoms with E-state index in [9.17, 15) is 18.0 Å². The quantitative estimate of drug-likeness (QED) is 0.237. The minimum Gasteiger partial charge on any atom is -0.497 e. The van der Waals surface area contributed by atoms with Gasteiger partial charge in [0.15, 0.2) is 0 Å². The number of aromatic amines is 1. The molecule has 6 aromatic rings. The molecule has 0 radical (unpaired) electrons. The Morgan fingerprint density at radius 3 is 2.53 bits per heavy atom. The molecule has 4 heterocycles. The zero-order chi connectivity index (χ0) is 30.3. The molecule has 0 bridgehead atoms. The van der Waals surface area contributed by atoms with Gasteiger partial charge in [-0.25, -0.2) is 13.4 Å². The lowest BCUT2D eigenvalue weighted by Crippen LogP contribution is -2.25. The summed E-state index contributed by atoms with van der Waals surface area (Å²) in [5, 5.41) is 0.878. The van der Waals surface area contributed by atoms with E-state index in [1.165, 1.54) is 30.0 Å². The standard InChI is InChI=1S/C31H27N5O6S/c1-41-23-11-8-20(28(14-23)42-2)16-35-18-27(29(37)19-6-9-22(10-7-19)34-43(3,39)40)36-17-21(13-26(36)31(35)38)25-15-33-30-24(25)5-4-12-32-30/h4-15,17-18,34H,16H2,1-3H3,(H,32,33). The Kier molecular flexibility index (Phi) is 6.98. The maximum Gasteiger partial charge on any atom is 0.275 e. The summed E-state index contributed by atoms with van der Waals surface area (Å²) in [6.07, 6.45) is 7.86. The SMILES string of the molecule is COc1ccc(Cn2cc(C(=O)c3ccc(NS(C)(=O)=O)cc3)n3cc(-c4c[nH]c5ncccc45)cc3c2=O)c(OC)c1. The number of carbonyl (C=O) groups excluding carboxylic acids is 1. The molecule has 0 aliphatic rings. The number of nitrogens with zero attached hydrogens (tertiary/aromatic N) is 3. The van der Waals surface area contributed by atoms with Gasteiger partial charge in [0.1, 0.15) is 28.4 Å². The lowest BCUT2D eigenvalue weighted by molar-refractivity contribution is 0.103. The molecule has 6 rings (SSSR count). The number of carbonyl (C=O) groups is 1. The van der Waals surface area contributed by atoms with Crippen molar-refractivity contribution in [3.63, 3.8) is 0 Å². The van der Waals surface area contributed by atoms with Gasteiger partial charge in [0.25, 0.3) is 5.56 Å². The summed E-state index contributed by atoms with van der Waals surface area (Å²) in [4.78, 5) is 35.3. The molecule has 0 atom stereocenters. The topological polar surface area (TPSA) is 137 Å². The summed E-state index contributed by atoms with van der Waals surface area (Å²) >= 11 is 0. The van der Waals surface area contributed by atoms with Crippen LogP contribution in [0.5, 0.6) is 11.5 Å². The van der Waals surface area contributed by atoms with E-state index in [1.54, 1.807) is 54.2 Å². The number of benzene rings is 2.